The molecule has 2 unspecified atom stereocenters. The summed E-state index contributed by atoms with van der Waals surface area (Å²) in [5, 5.41) is 0. The SMILES string of the molecule is Nc1ccc(F)cc1S(=O)(=O)N1CCC2CCCCC21. The zero-order chi connectivity index (χ0) is 14.3. The molecule has 110 valence electrons. The third kappa shape index (κ3) is 2.20. The van der Waals surface area contributed by atoms with Crippen molar-refractivity contribution in [3.05, 3.63) is 24.0 Å². The number of anilines is 1. The average molecular weight is 298 g/mol. The Bertz CT molecular complexity index is 618. The monoisotopic (exact) mass is 298 g/mol. The van der Waals surface area contributed by atoms with Crippen molar-refractivity contribution in [2.75, 3.05) is 12.3 Å². The highest BCUT2D eigenvalue weighted by molar-refractivity contribution is 7.89. The molecule has 1 saturated heterocycles. The van der Waals surface area contributed by atoms with Crippen LogP contribution in [0.2, 0.25) is 0 Å². The van der Waals surface area contributed by atoms with Crippen LogP contribution in [0.1, 0.15) is 32.1 Å². The van der Waals surface area contributed by atoms with E-state index in [1.165, 1.54) is 18.6 Å². The molecule has 0 amide bonds. The fourth-order valence-corrected chi connectivity index (χ4v) is 5.38. The highest BCUT2D eigenvalue weighted by Crippen LogP contribution is 2.39. The summed E-state index contributed by atoms with van der Waals surface area (Å²) >= 11 is 0. The van der Waals surface area contributed by atoms with Gasteiger partial charge in [-0.25, -0.2) is 12.8 Å². The van der Waals surface area contributed by atoms with Crippen LogP contribution in [-0.2, 0) is 10.0 Å². The van der Waals surface area contributed by atoms with Crippen molar-refractivity contribution in [3.63, 3.8) is 0 Å². The first kappa shape index (κ1) is 13.8. The largest absolute Gasteiger partial charge is 0.398 e. The second-order valence-electron chi connectivity index (χ2n) is 5.70. The number of benzene rings is 1. The van der Waals surface area contributed by atoms with E-state index in [-0.39, 0.29) is 16.6 Å². The van der Waals surface area contributed by atoms with Gasteiger partial charge < -0.3 is 5.73 Å². The Morgan fingerprint density at radius 2 is 1.95 bits per heavy atom. The Morgan fingerprint density at radius 3 is 2.75 bits per heavy atom. The van der Waals surface area contributed by atoms with Crippen molar-refractivity contribution >= 4 is 15.7 Å². The smallest absolute Gasteiger partial charge is 0.245 e. The molecule has 2 atom stereocenters. The van der Waals surface area contributed by atoms with E-state index < -0.39 is 15.8 Å². The van der Waals surface area contributed by atoms with Crippen LogP contribution < -0.4 is 5.73 Å². The highest BCUT2D eigenvalue weighted by atomic mass is 32.2. The predicted molar refractivity (Wildman–Crippen MR) is 75.1 cm³/mol. The van der Waals surface area contributed by atoms with E-state index in [0.717, 1.165) is 31.7 Å². The lowest BCUT2D eigenvalue weighted by Crippen LogP contribution is -2.39. The molecule has 1 aromatic carbocycles. The van der Waals surface area contributed by atoms with Gasteiger partial charge in [-0.3, -0.25) is 0 Å². The molecule has 1 heterocycles. The summed E-state index contributed by atoms with van der Waals surface area (Å²) in [6.07, 6.45) is 5.14. The summed E-state index contributed by atoms with van der Waals surface area (Å²) in [5.74, 6) is -0.120. The Morgan fingerprint density at radius 1 is 1.20 bits per heavy atom. The summed E-state index contributed by atoms with van der Waals surface area (Å²) in [6.45, 7) is 0.521. The molecule has 20 heavy (non-hydrogen) atoms. The summed E-state index contributed by atoms with van der Waals surface area (Å²) in [4.78, 5) is -0.0938. The first-order valence-electron chi connectivity index (χ1n) is 7.07. The second-order valence-corrected chi connectivity index (χ2v) is 7.56. The average Bonchev–Trinajstić information content (AvgIpc) is 2.86. The van der Waals surface area contributed by atoms with E-state index in [2.05, 4.69) is 0 Å². The number of nitrogen functional groups attached to an aromatic ring is 1. The van der Waals surface area contributed by atoms with Crippen molar-refractivity contribution in [3.8, 4) is 0 Å². The van der Waals surface area contributed by atoms with Gasteiger partial charge in [-0.05, 0) is 43.4 Å². The topological polar surface area (TPSA) is 63.4 Å². The Labute approximate surface area is 118 Å². The van der Waals surface area contributed by atoms with Crippen LogP contribution in [0.25, 0.3) is 0 Å². The van der Waals surface area contributed by atoms with Gasteiger partial charge >= 0.3 is 0 Å². The maximum atomic E-state index is 13.4. The highest BCUT2D eigenvalue weighted by Gasteiger charge is 2.42. The molecule has 2 fully saturated rings. The zero-order valence-corrected chi connectivity index (χ0v) is 12.1. The fourth-order valence-electron chi connectivity index (χ4n) is 3.52. The lowest BCUT2D eigenvalue weighted by atomic mass is 9.86. The lowest BCUT2D eigenvalue weighted by Gasteiger charge is -2.31. The van der Waals surface area contributed by atoms with Crippen LogP contribution in [0.5, 0.6) is 0 Å². The summed E-state index contributed by atoms with van der Waals surface area (Å²) in [7, 11) is -3.69. The van der Waals surface area contributed by atoms with E-state index in [1.807, 2.05) is 0 Å². The predicted octanol–water partition coefficient (Wildman–Crippen LogP) is 2.36. The Balaban J connectivity index is 1.97. The summed E-state index contributed by atoms with van der Waals surface area (Å²) in [5.41, 5.74) is 5.86. The molecule has 1 saturated carbocycles. The molecular formula is C14H19FN2O2S. The first-order chi connectivity index (χ1) is 9.50. The van der Waals surface area contributed by atoms with E-state index in [1.54, 1.807) is 4.31 Å². The van der Waals surface area contributed by atoms with Crippen molar-refractivity contribution in [2.24, 2.45) is 5.92 Å². The van der Waals surface area contributed by atoms with Gasteiger partial charge in [0.15, 0.2) is 0 Å². The first-order valence-corrected chi connectivity index (χ1v) is 8.51. The van der Waals surface area contributed by atoms with Crippen molar-refractivity contribution in [2.45, 2.75) is 43.0 Å². The van der Waals surface area contributed by atoms with Crippen LogP contribution in [0.3, 0.4) is 0 Å². The minimum absolute atomic E-state index is 0.0661. The van der Waals surface area contributed by atoms with Gasteiger partial charge in [-0.2, -0.15) is 4.31 Å². The number of nitrogens with two attached hydrogens (primary N) is 1. The maximum absolute atomic E-state index is 13.4. The number of hydrogen-bond acceptors (Lipinski definition) is 3. The third-order valence-electron chi connectivity index (χ3n) is 4.52. The molecule has 1 aromatic rings. The molecule has 0 bridgehead atoms. The lowest BCUT2D eigenvalue weighted by molar-refractivity contribution is 0.260. The number of nitrogens with zero attached hydrogens (tertiary/aromatic N) is 1. The number of sulfonamides is 1. The quantitative estimate of drug-likeness (QED) is 0.853. The molecule has 1 aliphatic carbocycles. The number of halogens is 1. The Hall–Kier alpha value is -1.14. The van der Waals surface area contributed by atoms with Gasteiger partial charge in [0, 0.05) is 12.6 Å². The summed E-state index contributed by atoms with van der Waals surface area (Å²) in [6, 6.07) is 3.59. The number of rotatable bonds is 2. The van der Waals surface area contributed by atoms with Gasteiger partial charge in [-0.15, -0.1) is 0 Å². The Kier molecular flexibility index (Phi) is 3.46. The second kappa shape index (κ2) is 5.00. The minimum Gasteiger partial charge on any atom is -0.398 e. The standard InChI is InChI=1S/C14H19FN2O2S/c15-11-5-6-12(16)14(9-11)20(18,19)17-8-7-10-3-1-2-4-13(10)17/h5-6,9-10,13H,1-4,7-8,16H2. The van der Waals surface area contributed by atoms with E-state index >= 15 is 0 Å². The van der Waals surface area contributed by atoms with E-state index in [9.17, 15) is 12.8 Å². The fraction of sp³-hybridized carbons (Fsp3) is 0.571. The van der Waals surface area contributed by atoms with E-state index in [0.29, 0.717) is 12.5 Å². The van der Waals surface area contributed by atoms with Crippen LogP contribution >= 0.6 is 0 Å². The van der Waals surface area contributed by atoms with Crippen molar-refractivity contribution < 1.29 is 12.8 Å². The number of hydrogen-bond donors (Lipinski definition) is 1. The third-order valence-corrected chi connectivity index (χ3v) is 6.50. The molecule has 1 aliphatic heterocycles. The molecule has 4 nitrogen and oxygen atoms in total. The molecule has 0 spiro atoms. The van der Waals surface area contributed by atoms with Crippen LogP contribution in [0, 0.1) is 11.7 Å². The van der Waals surface area contributed by atoms with Gasteiger partial charge in [0.2, 0.25) is 10.0 Å². The van der Waals surface area contributed by atoms with Crippen LogP contribution in [-0.4, -0.2) is 25.3 Å². The molecule has 3 rings (SSSR count). The molecule has 2 N–H and O–H groups in total. The van der Waals surface area contributed by atoms with Crippen LogP contribution in [0.4, 0.5) is 10.1 Å². The zero-order valence-electron chi connectivity index (χ0n) is 11.3. The van der Waals surface area contributed by atoms with Crippen molar-refractivity contribution in [1.29, 1.82) is 0 Å². The molecule has 0 radical (unpaired) electrons. The molecule has 0 aromatic heterocycles. The van der Waals surface area contributed by atoms with Crippen LogP contribution in [0.15, 0.2) is 23.1 Å². The van der Waals surface area contributed by atoms with Gasteiger partial charge in [0.1, 0.15) is 10.7 Å². The van der Waals surface area contributed by atoms with Gasteiger partial charge in [-0.1, -0.05) is 12.8 Å². The normalized spacial score (nSPS) is 27.4. The molecular weight excluding hydrogens is 279 g/mol. The number of fused-ring (bicyclic) bond motifs is 1. The summed E-state index contributed by atoms with van der Waals surface area (Å²) < 4.78 is 40.4. The molecule has 6 heteroatoms. The minimum atomic E-state index is -3.69. The van der Waals surface area contributed by atoms with E-state index in [4.69, 9.17) is 5.73 Å². The molecule has 2 aliphatic rings. The van der Waals surface area contributed by atoms with Crippen molar-refractivity contribution in [1.82, 2.24) is 4.31 Å². The maximum Gasteiger partial charge on any atom is 0.245 e. The van der Waals surface area contributed by atoms with Gasteiger partial charge in [0.25, 0.3) is 0 Å². The van der Waals surface area contributed by atoms with Gasteiger partial charge in [0.05, 0.1) is 5.69 Å².